The predicted molar refractivity (Wildman–Crippen MR) is 60.6 cm³/mol. The van der Waals surface area contributed by atoms with E-state index in [0.29, 0.717) is 14.5 Å². The summed E-state index contributed by atoms with van der Waals surface area (Å²) in [4.78, 5) is 6.94. The Morgan fingerprint density at radius 1 is 1.21 bits per heavy atom. The fourth-order valence-electron chi connectivity index (χ4n) is 1.38. The van der Waals surface area contributed by atoms with E-state index < -0.39 is 0 Å². The molecular weight excluding hydrogens is 237 g/mol. The molecule has 0 bridgehead atoms. The predicted octanol–water partition coefficient (Wildman–Crippen LogP) is 2.76. The van der Waals surface area contributed by atoms with Crippen LogP contribution in [0.5, 0.6) is 0 Å². The van der Waals surface area contributed by atoms with E-state index in [1.165, 1.54) is 22.2 Å². The third-order valence-electron chi connectivity index (χ3n) is 2.09. The monoisotopic (exact) mass is 251 g/mol. The maximum atomic E-state index is 4.65. The molecule has 1 aromatic heterocycles. The SMILES string of the molecule is CCCc1nc(-c2ccccc2)c[se]1. The molecule has 2 heteroatoms. The van der Waals surface area contributed by atoms with Gasteiger partial charge in [0.2, 0.25) is 0 Å². The quantitative estimate of drug-likeness (QED) is 0.763. The Bertz CT molecular complexity index is 392. The second-order valence-corrected chi connectivity index (χ2v) is 5.22. The summed E-state index contributed by atoms with van der Waals surface area (Å²) in [6.07, 6.45) is 2.36. The fraction of sp³-hybridized carbons (Fsp3) is 0.250. The van der Waals surface area contributed by atoms with Gasteiger partial charge in [-0.2, -0.15) is 0 Å². The number of hydrogen-bond donors (Lipinski definition) is 0. The number of nitrogens with zero attached hydrogens (tertiary/aromatic N) is 1. The molecule has 2 rings (SSSR count). The van der Waals surface area contributed by atoms with Crippen molar-refractivity contribution in [3.63, 3.8) is 0 Å². The van der Waals surface area contributed by atoms with E-state index in [1.54, 1.807) is 0 Å². The van der Waals surface area contributed by atoms with Crippen LogP contribution in [0.4, 0.5) is 0 Å². The van der Waals surface area contributed by atoms with Gasteiger partial charge in [0.25, 0.3) is 0 Å². The average molecular weight is 250 g/mol. The second kappa shape index (κ2) is 4.58. The van der Waals surface area contributed by atoms with Crippen LogP contribution in [-0.4, -0.2) is 19.5 Å². The molecule has 1 heterocycles. The van der Waals surface area contributed by atoms with E-state index in [4.69, 9.17) is 0 Å². The summed E-state index contributed by atoms with van der Waals surface area (Å²) in [6.45, 7) is 2.21. The standard InChI is InChI=1S/C12H13NSe/c1-2-6-12-13-11(9-14-12)10-7-4-3-5-8-10/h3-5,7-9H,2,6H2,1H3. The van der Waals surface area contributed by atoms with Gasteiger partial charge < -0.3 is 0 Å². The van der Waals surface area contributed by atoms with Crippen LogP contribution in [0, 0.1) is 0 Å². The first-order valence-electron chi connectivity index (χ1n) is 4.90. The number of hydrogen-bond acceptors (Lipinski definition) is 1. The van der Waals surface area contributed by atoms with E-state index in [0.717, 1.165) is 6.42 Å². The molecule has 0 spiro atoms. The fourth-order valence-corrected chi connectivity index (χ4v) is 3.29. The van der Waals surface area contributed by atoms with Gasteiger partial charge in [0.1, 0.15) is 0 Å². The topological polar surface area (TPSA) is 12.9 Å². The minimum absolute atomic E-state index is 0.501. The first-order valence-corrected chi connectivity index (χ1v) is 6.74. The zero-order valence-electron chi connectivity index (χ0n) is 8.23. The maximum absolute atomic E-state index is 4.65. The van der Waals surface area contributed by atoms with Gasteiger partial charge in [0.05, 0.1) is 0 Å². The van der Waals surface area contributed by atoms with E-state index in [1.807, 2.05) is 6.07 Å². The summed E-state index contributed by atoms with van der Waals surface area (Å²) in [5, 5.41) is 0. The Kier molecular flexibility index (Phi) is 3.18. The minimum atomic E-state index is 0.501. The molecule has 0 aliphatic carbocycles. The Hall–Kier alpha value is -0.851. The van der Waals surface area contributed by atoms with Crippen LogP contribution in [0.1, 0.15) is 17.9 Å². The average Bonchev–Trinajstić information content (AvgIpc) is 2.68. The second-order valence-electron chi connectivity index (χ2n) is 3.24. The van der Waals surface area contributed by atoms with Crippen LogP contribution in [0.15, 0.2) is 35.3 Å². The van der Waals surface area contributed by atoms with Gasteiger partial charge in [-0.25, -0.2) is 0 Å². The summed E-state index contributed by atoms with van der Waals surface area (Å²) >= 11 is 0.501. The number of rotatable bonds is 3. The molecule has 0 radical (unpaired) electrons. The van der Waals surface area contributed by atoms with Gasteiger partial charge in [-0.15, -0.1) is 0 Å². The third-order valence-corrected chi connectivity index (χ3v) is 3.99. The molecule has 0 atom stereocenters. The Morgan fingerprint density at radius 3 is 2.71 bits per heavy atom. The van der Waals surface area contributed by atoms with Crippen molar-refractivity contribution in [3.05, 3.63) is 39.8 Å². The van der Waals surface area contributed by atoms with Crippen LogP contribution < -0.4 is 0 Å². The molecule has 1 aromatic carbocycles. The van der Waals surface area contributed by atoms with Crippen molar-refractivity contribution in [3.8, 4) is 11.3 Å². The van der Waals surface area contributed by atoms with Crippen LogP contribution >= 0.6 is 0 Å². The first kappa shape index (κ1) is 9.69. The Morgan fingerprint density at radius 2 is 2.00 bits per heavy atom. The first-order chi connectivity index (χ1) is 6.90. The molecule has 0 saturated carbocycles. The van der Waals surface area contributed by atoms with Crippen molar-refractivity contribution in [1.82, 2.24) is 4.98 Å². The van der Waals surface area contributed by atoms with Crippen molar-refractivity contribution in [2.75, 3.05) is 0 Å². The molecule has 2 aromatic rings. The molecule has 0 aliphatic rings. The molecule has 0 aliphatic heterocycles. The molecular formula is C12H13NSe. The number of aromatic nitrogens is 1. The van der Waals surface area contributed by atoms with Crippen molar-refractivity contribution in [1.29, 1.82) is 0 Å². The zero-order chi connectivity index (χ0) is 9.80. The summed E-state index contributed by atoms with van der Waals surface area (Å²) in [7, 11) is 0. The molecule has 0 amide bonds. The normalized spacial score (nSPS) is 10.4. The van der Waals surface area contributed by atoms with Crippen molar-refractivity contribution >= 4 is 14.5 Å². The van der Waals surface area contributed by atoms with Gasteiger partial charge in [-0.3, -0.25) is 0 Å². The van der Waals surface area contributed by atoms with E-state index in [-0.39, 0.29) is 0 Å². The van der Waals surface area contributed by atoms with Crippen molar-refractivity contribution < 1.29 is 0 Å². The van der Waals surface area contributed by atoms with Gasteiger partial charge in [0.15, 0.2) is 0 Å². The Labute approximate surface area is 90.6 Å². The van der Waals surface area contributed by atoms with Gasteiger partial charge in [-0.05, 0) is 0 Å². The zero-order valence-corrected chi connectivity index (χ0v) is 9.95. The molecule has 0 saturated heterocycles. The Balaban J connectivity index is 2.25. The summed E-state index contributed by atoms with van der Waals surface area (Å²) in [5.41, 5.74) is 2.43. The van der Waals surface area contributed by atoms with Crippen LogP contribution in [0.25, 0.3) is 11.3 Å². The van der Waals surface area contributed by atoms with Crippen LogP contribution in [0.3, 0.4) is 0 Å². The van der Waals surface area contributed by atoms with E-state index >= 15 is 0 Å². The van der Waals surface area contributed by atoms with Crippen molar-refractivity contribution in [2.45, 2.75) is 19.8 Å². The summed E-state index contributed by atoms with van der Waals surface area (Å²) in [5.74, 6) is 0. The molecule has 14 heavy (non-hydrogen) atoms. The van der Waals surface area contributed by atoms with E-state index in [9.17, 15) is 0 Å². The van der Waals surface area contributed by atoms with Gasteiger partial charge in [-0.1, -0.05) is 0 Å². The number of benzene rings is 1. The van der Waals surface area contributed by atoms with Crippen LogP contribution in [0.2, 0.25) is 0 Å². The number of aryl methyl sites for hydroxylation is 1. The molecule has 0 N–H and O–H groups in total. The summed E-state index contributed by atoms with van der Waals surface area (Å²) in [6, 6.07) is 10.4. The van der Waals surface area contributed by atoms with Gasteiger partial charge in [0, 0.05) is 0 Å². The van der Waals surface area contributed by atoms with Crippen LogP contribution in [-0.2, 0) is 6.42 Å². The van der Waals surface area contributed by atoms with E-state index in [2.05, 4.69) is 41.1 Å². The van der Waals surface area contributed by atoms with Crippen molar-refractivity contribution in [2.24, 2.45) is 0 Å². The molecule has 0 fully saturated rings. The van der Waals surface area contributed by atoms with Gasteiger partial charge >= 0.3 is 90.4 Å². The summed E-state index contributed by atoms with van der Waals surface area (Å²) < 4.78 is 1.39. The molecule has 72 valence electrons. The molecule has 0 unspecified atom stereocenters. The molecule has 1 nitrogen and oxygen atoms in total. The third kappa shape index (κ3) is 2.14.